The van der Waals surface area contributed by atoms with Crippen LogP contribution in [-0.4, -0.2) is 490 Å². The third-order valence-corrected chi connectivity index (χ3v) is 21.2. The molecule has 672 valence electrons. The summed E-state index contributed by atoms with van der Waals surface area (Å²) < 4.78 is 136. The highest BCUT2D eigenvalue weighted by molar-refractivity contribution is 7.46. The standard InChI is InChI=1S/C55H97N2O55P3/c56-21-26(72)25(71)19(99-47(21)112-115(92,93)94)9-96-46-22(57)27(73)41(110-113(86,87)88)20(100-46)10-97-54(52(82)83)2-17(107-55(53(84)85)1-11(63)23(69)38(108-55)13(65)4-59)42(40(109-54)15(67)6-61)104-51-35(81)44(45(111-114(89,90)91)39(103-51)14(66)5-60)106-50-34(80)43(105-49-32(78)28(74)24(70)18(7-62)98-49)33(79)37(102-50)16(68)8-95-48-31(77)29(75)30(76)36(101-48)12(64)3-58/h11-51,58-81H,1-10,56-57H2,(H,82,83)(H,84,85)(H2,86,87,88)(H2,89,90,91)(H2,92,93,94). The van der Waals surface area contributed by atoms with Gasteiger partial charge in [0.25, 0.3) is 11.6 Å². The molecule has 0 aliphatic carbocycles. The fourth-order valence-electron chi connectivity index (χ4n) is 13.6. The summed E-state index contributed by atoms with van der Waals surface area (Å²) in [6.07, 6.45) is -100. The van der Waals surface area contributed by atoms with Crippen molar-refractivity contribution in [3.05, 3.63) is 0 Å². The number of carbonyl (C=O) groups is 2. The molecule has 8 aliphatic heterocycles. The lowest BCUT2D eigenvalue weighted by atomic mass is 9.89. The summed E-state index contributed by atoms with van der Waals surface area (Å²) in [4.78, 5) is 87.6. The molecule has 8 saturated heterocycles. The van der Waals surface area contributed by atoms with Crippen molar-refractivity contribution < 1.29 is 270 Å². The molecule has 0 aromatic heterocycles. The van der Waals surface area contributed by atoms with Crippen molar-refractivity contribution in [3.63, 3.8) is 0 Å². The van der Waals surface area contributed by atoms with Gasteiger partial charge >= 0.3 is 35.4 Å². The van der Waals surface area contributed by atoms with Crippen LogP contribution in [0, 0.1) is 0 Å². The van der Waals surface area contributed by atoms with E-state index in [9.17, 15) is 185 Å². The van der Waals surface area contributed by atoms with Gasteiger partial charge < -0.3 is 245 Å². The highest BCUT2D eigenvalue weighted by atomic mass is 31.2. The second kappa shape index (κ2) is 40.1. The average molecular weight is 1760 g/mol. The lowest BCUT2D eigenvalue weighted by molar-refractivity contribution is -0.408. The van der Waals surface area contributed by atoms with Gasteiger partial charge in [0.05, 0.1) is 77.1 Å². The Hall–Kier alpha value is -2.37. The molecule has 8 fully saturated rings. The van der Waals surface area contributed by atoms with E-state index in [2.05, 4.69) is 4.52 Å². The van der Waals surface area contributed by atoms with E-state index >= 15 is 0 Å². The van der Waals surface area contributed by atoms with Gasteiger partial charge in [0.15, 0.2) is 37.7 Å². The lowest BCUT2D eigenvalue weighted by Gasteiger charge is -2.53. The number of ether oxygens (including phenoxy) is 15. The van der Waals surface area contributed by atoms with Crippen LogP contribution >= 0.6 is 23.5 Å². The minimum atomic E-state index is -6.23. The fourth-order valence-corrected chi connectivity index (χ4v) is 15.2. The first-order valence-corrected chi connectivity index (χ1v) is 39.0. The molecule has 0 amide bonds. The molecule has 0 bridgehead atoms. The van der Waals surface area contributed by atoms with Crippen LogP contribution in [0.2, 0.25) is 0 Å². The third kappa shape index (κ3) is 22.6. The van der Waals surface area contributed by atoms with Crippen LogP contribution in [0.15, 0.2) is 0 Å². The molecule has 57 nitrogen and oxygen atoms in total. The normalized spacial score (nSPS) is 46.0. The second-order valence-electron chi connectivity index (χ2n) is 27.7. The third-order valence-electron chi connectivity index (χ3n) is 19.7. The maximum atomic E-state index is 14.1. The zero-order valence-corrected chi connectivity index (χ0v) is 61.6. The summed E-state index contributed by atoms with van der Waals surface area (Å²) in [5.74, 6) is -12.5. The van der Waals surface area contributed by atoms with E-state index in [1.807, 2.05) is 0 Å². The summed E-state index contributed by atoms with van der Waals surface area (Å²) in [5, 5.41) is 285. The second-order valence-corrected chi connectivity index (χ2v) is 31.3. The molecule has 36 N–H and O–H groups in total. The number of phosphoric ester groups is 3. The number of hydrogen-bond acceptors (Lipinski definition) is 49. The Bertz CT molecular complexity index is 3250. The molecule has 8 rings (SSSR count). The van der Waals surface area contributed by atoms with Crippen molar-refractivity contribution in [2.24, 2.45) is 11.5 Å². The molecule has 0 aromatic carbocycles. The molecule has 43 atom stereocenters. The first kappa shape index (κ1) is 98.1. The van der Waals surface area contributed by atoms with E-state index in [1.54, 1.807) is 0 Å². The number of carboxylic acids is 2. The van der Waals surface area contributed by atoms with Gasteiger partial charge in [0, 0.05) is 12.8 Å². The maximum absolute atomic E-state index is 14.1. The summed E-state index contributed by atoms with van der Waals surface area (Å²) in [7, 11) is -17.7. The smallest absolute Gasteiger partial charge is 0.471 e. The van der Waals surface area contributed by atoms with Crippen LogP contribution < -0.4 is 11.5 Å². The Morgan fingerprint density at radius 1 is 0.383 bits per heavy atom. The minimum absolute atomic E-state index is 1.13. The number of aliphatic hydroxyl groups excluding tert-OH is 24. The van der Waals surface area contributed by atoms with Crippen molar-refractivity contribution in [2.75, 3.05) is 52.9 Å². The van der Waals surface area contributed by atoms with Gasteiger partial charge in [0.2, 0.25) is 0 Å². The average Bonchev–Trinajstić information content (AvgIpc) is 0.738. The molecular formula is C55H97N2O55P3. The van der Waals surface area contributed by atoms with Gasteiger partial charge in [-0.1, -0.05) is 0 Å². The number of aliphatic hydroxyl groups is 24. The number of aliphatic carboxylic acids is 2. The molecule has 43 unspecified atom stereocenters. The van der Waals surface area contributed by atoms with E-state index in [0.29, 0.717) is 0 Å². The molecule has 0 aromatic rings. The van der Waals surface area contributed by atoms with Gasteiger partial charge in [-0.05, 0) is 0 Å². The summed E-state index contributed by atoms with van der Waals surface area (Å²) in [6, 6.07) is -3.97. The predicted molar refractivity (Wildman–Crippen MR) is 341 cm³/mol. The zero-order valence-electron chi connectivity index (χ0n) is 58.9. The molecule has 0 saturated carbocycles. The Balaban J connectivity index is 1.21. The van der Waals surface area contributed by atoms with Crippen LogP contribution in [-0.2, 0) is 108 Å². The highest BCUT2D eigenvalue weighted by Gasteiger charge is 2.65. The zero-order chi connectivity index (χ0) is 86.1. The Kier molecular flexibility index (Phi) is 34.2. The SMILES string of the molecule is NC1C(OP(=O)(O)O)OC(COC2OC(COC3(C(=O)O)CC(OC4(C(=O)O)CC(O)C(O)C(C(O)CO)O4)C(OC4OC(C(O)CO)C(OP(=O)(O)O)C(OC5OC(C(O)COC6OC(C(O)CO)C(O)C(O)C6O)C(O)C(OC6OC(CO)C(O)C(O)C6O)C5O)C4O)C(C(O)CO)O3)C(OP(=O)(O)O)C(O)C2N)C(O)C1O. The Morgan fingerprint density at radius 2 is 0.826 bits per heavy atom. The first-order chi connectivity index (χ1) is 53.4. The molecule has 60 heteroatoms. The van der Waals surface area contributed by atoms with Crippen molar-refractivity contribution in [1.29, 1.82) is 0 Å². The van der Waals surface area contributed by atoms with E-state index in [4.69, 9.17) is 91.6 Å². The monoisotopic (exact) mass is 1760 g/mol. The molecule has 8 aliphatic rings. The number of rotatable bonds is 35. The van der Waals surface area contributed by atoms with Crippen LogP contribution in [0.3, 0.4) is 0 Å². The van der Waals surface area contributed by atoms with E-state index in [1.165, 1.54) is 0 Å². The maximum Gasteiger partial charge on any atom is 0.471 e. The molecular weight excluding hydrogens is 1660 g/mol. The van der Waals surface area contributed by atoms with Crippen molar-refractivity contribution in [2.45, 2.75) is 276 Å². The van der Waals surface area contributed by atoms with E-state index in [0.717, 1.165) is 0 Å². The first-order valence-electron chi connectivity index (χ1n) is 34.4. The summed E-state index contributed by atoms with van der Waals surface area (Å²) >= 11 is 0. The van der Waals surface area contributed by atoms with Crippen LogP contribution in [0.5, 0.6) is 0 Å². The van der Waals surface area contributed by atoms with E-state index < -0.39 is 364 Å². The van der Waals surface area contributed by atoms with Gasteiger partial charge in [-0.3, -0.25) is 13.6 Å². The van der Waals surface area contributed by atoms with Gasteiger partial charge in [0.1, 0.15) is 189 Å². The number of phosphoric acid groups is 3. The van der Waals surface area contributed by atoms with Crippen LogP contribution in [0.1, 0.15) is 12.8 Å². The van der Waals surface area contributed by atoms with Gasteiger partial charge in [-0.15, -0.1) is 0 Å². The minimum Gasteiger partial charge on any atom is -0.477 e. The van der Waals surface area contributed by atoms with Gasteiger partial charge in [-0.2, -0.15) is 0 Å². The number of nitrogens with two attached hydrogens (primary N) is 2. The Morgan fingerprint density at radius 3 is 1.39 bits per heavy atom. The summed E-state index contributed by atoms with van der Waals surface area (Å²) in [6.45, 7) is -11.2. The molecule has 115 heavy (non-hydrogen) atoms. The summed E-state index contributed by atoms with van der Waals surface area (Å²) in [5.41, 5.74) is 11.9. The topological polar surface area (TPSA) is 951 Å². The van der Waals surface area contributed by atoms with Crippen molar-refractivity contribution in [1.82, 2.24) is 0 Å². The molecule has 8 heterocycles. The van der Waals surface area contributed by atoms with E-state index in [-0.39, 0.29) is 0 Å². The predicted octanol–water partition coefficient (Wildman–Crippen LogP) is -20.4. The van der Waals surface area contributed by atoms with Crippen molar-refractivity contribution >= 4 is 35.4 Å². The van der Waals surface area contributed by atoms with Gasteiger partial charge in [-0.25, -0.2) is 23.3 Å². The Labute approximate surface area is 644 Å². The lowest BCUT2D eigenvalue weighted by Crippen LogP contribution is -2.71. The molecule has 0 radical (unpaired) electrons. The molecule has 0 spiro atoms. The highest BCUT2D eigenvalue weighted by Crippen LogP contribution is 2.49. The van der Waals surface area contributed by atoms with Crippen LogP contribution in [0.25, 0.3) is 0 Å². The number of carboxylic acid groups (broad SMARTS) is 2. The number of hydrogen-bond donors (Lipinski definition) is 34. The largest absolute Gasteiger partial charge is 0.477 e. The fraction of sp³-hybridized carbons (Fsp3) is 0.964. The van der Waals surface area contributed by atoms with Crippen molar-refractivity contribution in [3.8, 4) is 0 Å². The van der Waals surface area contributed by atoms with Crippen LogP contribution in [0.4, 0.5) is 0 Å². The quantitative estimate of drug-likeness (QED) is 0.0262.